The second-order valence-electron chi connectivity index (χ2n) is 5.89. The predicted molar refractivity (Wildman–Crippen MR) is 91.6 cm³/mol. The number of hydrogen-bond donors (Lipinski definition) is 0. The first-order valence-electron chi connectivity index (χ1n) is 7.99. The minimum absolute atomic E-state index is 0.0105. The summed E-state index contributed by atoms with van der Waals surface area (Å²) in [6.07, 6.45) is 3.68. The van der Waals surface area contributed by atoms with Gasteiger partial charge in [-0.3, -0.25) is 4.79 Å². The van der Waals surface area contributed by atoms with Gasteiger partial charge in [0.1, 0.15) is 0 Å². The Balaban J connectivity index is 1.78. The molecule has 0 N–H and O–H groups in total. The van der Waals surface area contributed by atoms with Gasteiger partial charge in [-0.15, -0.1) is 0 Å². The lowest BCUT2D eigenvalue weighted by Crippen LogP contribution is -2.36. The molecule has 7 heteroatoms. The summed E-state index contributed by atoms with van der Waals surface area (Å²) < 4.78 is 11.8. The molecule has 0 saturated heterocycles. The number of nitrogens with zero attached hydrogens (tertiary/aromatic N) is 4. The van der Waals surface area contributed by atoms with Crippen LogP contribution in [0.3, 0.4) is 0 Å². The van der Waals surface area contributed by atoms with Crippen LogP contribution in [0.25, 0.3) is 5.69 Å². The Bertz CT molecular complexity index is 839. The molecule has 0 spiro atoms. The number of ether oxygens (including phenoxy) is 1. The highest BCUT2D eigenvalue weighted by Gasteiger charge is 2.24. The van der Waals surface area contributed by atoms with E-state index in [1.807, 2.05) is 50.4 Å². The van der Waals surface area contributed by atoms with Gasteiger partial charge in [-0.2, -0.15) is 5.10 Å². The summed E-state index contributed by atoms with van der Waals surface area (Å²) in [5.74, 6) is 0.197. The van der Waals surface area contributed by atoms with Crippen molar-refractivity contribution in [1.82, 2.24) is 19.8 Å². The fourth-order valence-corrected chi connectivity index (χ4v) is 2.45. The minimum atomic E-state index is -0.238. The van der Waals surface area contributed by atoms with Crippen LogP contribution in [0.1, 0.15) is 30.0 Å². The van der Waals surface area contributed by atoms with Crippen LogP contribution in [0, 0.1) is 0 Å². The fourth-order valence-electron chi connectivity index (χ4n) is 2.45. The van der Waals surface area contributed by atoms with E-state index in [0.717, 1.165) is 11.3 Å². The van der Waals surface area contributed by atoms with E-state index in [1.54, 1.807) is 15.8 Å². The van der Waals surface area contributed by atoms with Crippen LogP contribution in [-0.4, -0.2) is 38.9 Å². The summed E-state index contributed by atoms with van der Waals surface area (Å²) in [6, 6.07) is 11.3. The number of carbonyl (C=O) groups is 1. The van der Waals surface area contributed by atoms with Crippen LogP contribution >= 0.6 is 0 Å². The van der Waals surface area contributed by atoms with Crippen LogP contribution in [-0.2, 0) is 6.54 Å². The van der Waals surface area contributed by atoms with Gasteiger partial charge in [0.15, 0.2) is 0 Å². The van der Waals surface area contributed by atoms with Crippen molar-refractivity contribution in [3.05, 3.63) is 60.1 Å². The van der Waals surface area contributed by atoms with Crippen molar-refractivity contribution in [2.45, 2.75) is 26.4 Å². The van der Waals surface area contributed by atoms with Crippen LogP contribution in [0.4, 0.5) is 0 Å². The molecule has 1 amide bonds. The molecule has 2 heterocycles. The first-order chi connectivity index (χ1) is 12.1. The Hall–Kier alpha value is -3.09. The number of aromatic nitrogens is 3. The summed E-state index contributed by atoms with van der Waals surface area (Å²) in [4.78, 5) is 14.4. The summed E-state index contributed by atoms with van der Waals surface area (Å²) >= 11 is 0. The third kappa shape index (κ3) is 3.71. The van der Waals surface area contributed by atoms with Crippen molar-refractivity contribution >= 4 is 5.91 Å². The van der Waals surface area contributed by atoms with Crippen LogP contribution in [0.5, 0.6) is 5.88 Å². The van der Waals surface area contributed by atoms with E-state index in [4.69, 9.17) is 9.26 Å². The first kappa shape index (κ1) is 16.8. The molecule has 3 rings (SSSR count). The van der Waals surface area contributed by atoms with Crippen molar-refractivity contribution in [2.75, 3.05) is 7.11 Å². The second-order valence-corrected chi connectivity index (χ2v) is 5.89. The zero-order valence-corrected chi connectivity index (χ0v) is 14.4. The lowest BCUT2D eigenvalue weighted by Gasteiger charge is -2.24. The van der Waals surface area contributed by atoms with Gasteiger partial charge in [0.2, 0.25) is 5.76 Å². The average Bonchev–Trinajstić information content (AvgIpc) is 3.29. The van der Waals surface area contributed by atoms with Gasteiger partial charge in [-0.25, -0.2) is 4.68 Å². The number of rotatable bonds is 6. The highest BCUT2D eigenvalue weighted by Crippen LogP contribution is 2.17. The van der Waals surface area contributed by atoms with E-state index < -0.39 is 0 Å². The van der Waals surface area contributed by atoms with E-state index in [0.29, 0.717) is 6.54 Å². The molecule has 1 aromatic carbocycles. The molecule has 0 unspecified atom stereocenters. The van der Waals surface area contributed by atoms with E-state index in [9.17, 15) is 4.79 Å². The van der Waals surface area contributed by atoms with E-state index >= 15 is 0 Å². The average molecular weight is 340 g/mol. The zero-order chi connectivity index (χ0) is 17.8. The van der Waals surface area contributed by atoms with Crippen molar-refractivity contribution in [3.63, 3.8) is 0 Å². The maximum absolute atomic E-state index is 12.7. The molecular formula is C18H20N4O3. The van der Waals surface area contributed by atoms with Gasteiger partial charge in [0, 0.05) is 24.3 Å². The molecule has 25 heavy (non-hydrogen) atoms. The SMILES string of the molecule is COc1cc(C(=O)N(Cc2cnn(-c3ccccc3)c2)C(C)C)on1. The van der Waals surface area contributed by atoms with Crippen LogP contribution < -0.4 is 4.74 Å². The van der Waals surface area contributed by atoms with Crippen molar-refractivity contribution in [2.24, 2.45) is 0 Å². The van der Waals surface area contributed by atoms with Crippen molar-refractivity contribution in [1.29, 1.82) is 0 Å². The minimum Gasteiger partial charge on any atom is -0.479 e. The monoisotopic (exact) mass is 340 g/mol. The number of benzene rings is 1. The van der Waals surface area contributed by atoms with Crippen molar-refractivity contribution in [3.8, 4) is 11.6 Å². The maximum Gasteiger partial charge on any atom is 0.293 e. The third-order valence-electron chi connectivity index (χ3n) is 3.80. The molecule has 7 nitrogen and oxygen atoms in total. The Morgan fingerprint density at radius 2 is 2.08 bits per heavy atom. The predicted octanol–water partition coefficient (Wildman–Crippen LogP) is 2.92. The van der Waals surface area contributed by atoms with Gasteiger partial charge in [-0.05, 0) is 31.1 Å². The van der Waals surface area contributed by atoms with Gasteiger partial charge >= 0.3 is 0 Å². The molecule has 0 fully saturated rings. The normalized spacial score (nSPS) is 10.9. The lowest BCUT2D eigenvalue weighted by molar-refractivity contribution is 0.0647. The Kier molecular flexibility index (Phi) is 4.83. The van der Waals surface area contributed by atoms with Crippen molar-refractivity contribution < 1.29 is 14.1 Å². The van der Waals surface area contributed by atoms with Gasteiger partial charge in [0.05, 0.1) is 25.1 Å². The van der Waals surface area contributed by atoms with E-state index in [-0.39, 0.29) is 23.6 Å². The summed E-state index contributed by atoms with van der Waals surface area (Å²) in [5, 5.41) is 8.06. The molecule has 130 valence electrons. The van der Waals surface area contributed by atoms with Gasteiger partial charge < -0.3 is 14.2 Å². The summed E-state index contributed by atoms with van der Waals surface area (Å²) in [7, 11) is 1.48. The maximum atomic E-state index is 12.7. The van der Waals surface area contributed by atoms with Gasteiger partial charge in [-0.1, -0.05) is 18.2 Å². The fraction of sp³-hybridized carbons (Fsp3) is 0.278. The summed E-state index contributed by atoms with van der Waals surface area (Å²) in [5.41, 5.74) is 1.90. The van der Waals surface area contributed by atoms with Gasteiger partial charge in [0.25, 0.3) is 11.8 Å². The van der Waals surface area contributed by atoms with Crippen LogP contribution in [0.15, 0.2) is 53.3 Å². The molecule has 0 saturated carbocycles. The molecular weight excluding hydrogens is 320 g/mol. The molecule has 0 atom stereocenters. The first-order valence-corrected chi connectivity index (χ1v) is 7.99. The number of para-hydroxylation sites is 1. The number of amides is 1. The molecule has 0 aliphatic heterocycles. The van der Waals surface area contributed by atoms with E-state index in [2.05, 4.69) is 10.3 Å². The smallest absolute Gasteiger partial charge is 0.293 e. The Labute approximate surface area is 145 Å². The zero-order valence-electron chi connectivity index (χ0n) is 14.4. The molecule has 3 aromatic rings. The standard InChI is InChI=1S/C18H20N4O3/c1-13(2)21(18(23)16-9-17(24-3)20-25-16)11-14-10-19-22(12-14)15-7-5-4-6-8-15/h4-10,12-13H,11H2,1-3H3. The highest BCUT2D eigenvalue weighted by molar-refractivity contribution is 5.91. The molecule has 0 aliphatic rings. The number of methoxy groups -OCH3 is 1. The number of carbonyl (C=O) groups excluding carboxylic acids is 1. The Morgan fingerprint density at radius 1 is 1.32 bits per heavy atom. The second kappa shape index (κ2) is 7.21. The summed E-state index contributed by atoms with van der Waals surface area (Å²) in [6.45, 7) is 4.33. The topological polar surface area (TPSA) is 73.4 Å². The highest BCUT2D eigenvalue weighted by atomic mass is 16.5. The molecule has 2 aromatic heterocycles. The molecule has 0 bridgehead atoms. The van der Waals surface area contributed by atoms with E-state index in [1.165, 1.54) is 13.2 Å². The number of hydrogen-bond acceptors (Lipinski definition) is 5. The third-order valence-corrected chi connectivity index (χ3v) is 3.80. The Morgan fingerprint density at radius 3 is 2.72 bits per heavy atom. The quantitative estimate of drug-likeness (QED) is 0.690. The largest absolute Gasteiger partial charge is 0.479 e. The lowest BCUT2D eigenvalue weighted by atomic mass is 10.2. The van der Waals surface area contributed by atoms with Crippen LogP contribution in [0.2, 0.25) is 0 Å². The molecule has 0 aliphatic carbocycles. The molecule has 0 radical (unpaired) electrons.